The molecule has 0 amide bonds. The zero-order valence-electron chi connectivity index (χ0n) is 16.8. The highest BCUT2D eigenvalue weighted by atomic mass is 15.2. The van der Waals surface area contributed by atoms with E-state index in [0.717, 1.165) is 0 Å². The van der Waals surface area contributed by atoms with Gasteiger partial charge in [-0.3, -0.25) is 0 Å². The quantitative estimate of drug-likeness (QED) is 0.398. The van der Waals surface area contributed by atoms with Crippen LogP contribution in [0.2, 0.25) is 0 Å². The molecule has 0 aliphatic heterocycles. The zero-order chi connectivity index (χ0) is 19.2. The second-order valence-corrected chi connectivity index (χ2v) is 8.27. The summed E-state index contributed by atoms with van der Waals surface area (Å²) in [7, 11) is 2.17. The van der Waals surface area contributed by atoms with Gasteiger partial charge in [-0.2, -0.15) is 0 Å². The highest BCUT2D eigenvalue weighted by Crippen LogP contribution is 2.33. The van der Waals surface area contributed by atoms with Crippen LogP contribution < -0.4 is 4.57 Å². The van der Waals surface area contributed by atoms with Crippen molar-refractivity contribution in [2.24, 2.45) is 7.05 Å². The lowest BCUT2D eigenvalue weighted by Crippen LogP contribution is -2.33. The number of aryl methyl sites for hydroxylation is 2. The molecule has 27 heavy (non-hydrogen) atoms. The van der Waals surface area contributed by atoms with Gasteiger partial charge in [0.25, 0.3) is 5.82 Å². The Morgan fingerprint density at radius 3 is 2.11 bits per heavy atom. The van der Waals surface area contributed by atoms with Gasteiger partial charge in [0.05, 0.1) is 12.6 Å². The van der Waals surface area contributed by atoms with E-state index in [0.29, 0.717) is 0 Å². The number of hydrogen-bond donors (Lipinski definition) is 0. The Labute approximate surface area is 161 Å². The average molecular weight is 356 g/mol. The van der Waals surface area contributed by atoms with Gasteiger partial charge < -0.3 is 0 Å². The summed E-state index contributed by atoms with van der Waals surface area (Å²) < 4.78 is 4.79. The topological polar surface area (TPSA) is 8.81 Å². The zero-order valence-corrected chi connectivity index (χ0v) is 16.8. The number of imidazole rings is 1. The third-order valence-electron chi connectivity index (χ3n) is 5.26. The third-order valence-corrected chi connectivity index (χ3v) is 5.26. The van der Waals surface area contributed by atoms with Crippen LogP contribution in [0, 0.1) is 6.92 Å². The van der Waals surface area contributed by atoms with E-state index < -0.39 is 0 Å². The van der Waals surface area contributed by atoms with Crippen molar-refractivity contribution in [1.29, 1.82) is 0 Å². The van der Waals surface area contributed by atoms with Crippen molar-refractivity contribution >= 4 is 11.0 Å². The minimum Gasteiger partial charge on any atom is -0.226 e. The van der Waals surface area contributed by atoms with E-state index in [1.54, 1.807) is 0 Å². The maximum Gasteiger partial charge on any atom is 0.290 e. The molecule has 1 aromatic heterocycles. The Bertz CT molecular complexity index is 1110. The molecule has 1 heterocycles. The van der Waals surface area contributed by atoms with Crippen LogP contribution in [0.4, 0.5) is 0 Å². The Morgan fingerprint density at radius 2 is 1.44 bits per heavy atom. The summed E-state index contributed by atoms with van der Waals surface area (Å²) >= 11 is 0. The van der Waals surface area contributed by atoms with Crippen LogP contribution >= 0.6 is 0 Å². The van der Waals surface area contributed by atoms with E-state index in [1.165, 1.54) is 39.1 Å². The summed E-state index contributed by atoms with van der Waals surface area (Å²) in [4.78, 5) is 0. The van der Waals surface area contributed by atoms with Crippen molar-refractivity contribution in [3.8, 4) is 22.5 Å². The molecule has 3 aromatic carbocycles. The normalized spacial score (nSPS) is 11.9. The molecule has 0 atom stereocenters. The molecule has 4 aromatic rings. The molecule has 4 rings (SSSR count). The molecule has 2 heteroatoms. The molecular weight excluding hydrogens is 328 g/mol. The van der Waals surface area contributed by atoms with Gasteiger partial charge in [-0.1, -0.05) is 54.6 Å². The lowest BCUT2D eigenvalue weighted by molar-refractivity contribution is -0.634. The number of para-hydroxylation sites is 2. The molecular formula is C25H27N2+. The fraction of sp³-hybridized carbons (Fsp3) is 0.240. The van der Waals surface area contributed by atoms with E-state index in [-0.39, 0.29) is 5.54 Å². The summed E-state index contributed by atoms with van der Waals surface area (Å²) in [5.74, 6) is 1.25. The van der Waals surface area contributed by atoms with E-state index in [1.807, 2.05) is 0 Å². The Hall–Kier alpha value is -2.87. The first-order valence-electron chi connectivity index (χ1n) is 9.54. The minimum absolute atomic E-state index is 0.0132. The molecule has 0 saturated heterocycles. The molecule has 0 bridgehead atoms. The predicted molar refractivity (Wildman–Crippen MR) is 114 cm³/mol. The number of hydrogen-bond acceptors (Lipinski definition) is 0. The number of aromatic nitrogens is 2. The average Bonchev–Trinajstić information content (AvgIpc) is 2.95. The van der Waals surface area contributed by atoms with Crippen LogP contribution in [0.25, 0.3) is 33.5 Å². The second kappa shape index (κ2) is 6.38. The van der Waals surface area contributed by atoms with Crippen molar-refractivity contribution in [2.45, 2.75) is 33.2 Å². The Kier molecular flexibility index (Phi) is 4.15. The van der Waals surface area contributed by atoms with Gasteiger partial charge in [0, 0.05) is 0 Å². The molecule has 136 valence electrons. The molecule has 0 aliphatic rings. The maximum atomic E-state index is 2.47. The lowest BCUT2D eigenvalue weighted by atomic mass is 9.98. The summed E-state index contributed by atoms with van der Waals surface area (Å²) in [6.45, 7) is 9.04. The van der Waals surface area contributed by atoms with Gasteiger partial charge in [0.1, 0.15) is 5.54 Å². The van der Waals surface area contributed by atoms with Gasteiger partial charge in [0.2, 0.25) is 0 Å². The second-order valence-electron chi connectivity index (χ2n) is 8.27. The van der Waals surface area contributed by atoms with Crippen LogP contribution in [-0.2, 0) is 12.6 Å². The fourth-order valence-corrected chi connectivity index (χ4v) is 4.02. The van der Waals surface area contributed by atoms with Crippen molar-refractivity contribution in [3.63, 3.8) is 0 Å². The van der Waals surface area contributed by atoms with Crippen molar-refractivity contribution in [1.82, 2.24) is 4.57 Å². The summed E-state index contributed by atoms with van der Waals surface area (Å²) in [5, 5.41) is 0. The standard InChI is InChI=1S/C25H27N2/c1-18-17-20(19-11-7-6-8-12-19)15-16-21(18)24-26(5)22-13-9-10-14-23(22)27(24)25(2,3)4/h6-17H,1-5H3/q+1. The molecule has 0 radical (unpaired) electrons. The first kappa shape index (κ1) is 17.5. The molecule has 0 fully saturated rings. The molecule has 0 saturated carbocycles. The van der Waals surface area contributed by atoms with Crippen LogP contribution in [0.3, 0.4) is 0 Å². The van der Waals surface area contributed by atoms with Gasteiger partial charge in [-0.05, 0) is 62.6 Å². The van der Waals surface area contributed by atoms with Crippen LogP contribution in [0.1, 0.15) is 26.3 Å². The van der Waals surface area contributed by atoms with E-state index >= 15 is 0 Å². The largest absolute Gasteiger partial charge is 0.290 e. The predicted octanol–water partition coefficient (Wildman–Crippen LogP) is 5.86. The van der Waals surface area contributed by atoms with Gasteiger partial charge in [-0.25, -0.2) is 9.13 Å². The Morgan fingerprint density at radius 1 is 0.778 bits per heavy atom. The smallest absolute Gasteiger partial charge is 0.226 e. The van der Waals surface area contributed by atoms with Crippen LogP contribution in [0.5, 0.6) is 0 Å². The SMILES string of the molecule is Cc1cc(-c2ccccc2)ccc1-c1n(C(C)(C)C)c2ccccc2[n+]1C. The lowest BCUT2D eigenvalue weighted by Gasteiger charge is -2.19. The fourth-order valence-electron chi connectivity index (χ4n) is 4.02. The number of fused-ring (bicyclic) bond motifs is 1. The molecule has 0 spiro atoms. The van der Waals surface area contributed by atoms with E-state index in [9.17, 15) is 0 Å². The first-order chi connectivity index (χ1) is 12.9. The monoisotopic (exact) mass is 355 g/mol. The van der Waals surface area contributed by atoms with E-state index in [2.05, 4.69) is 117 Å². The molecule has 0 aliphatic carbocycles. The van der Waals surface area contributed by atoms with Crippen LogP contribution in [0.15, 0.2) is 72.8 Å². The van der Waals surface area contributed by atoms with Gasteiger partial charge in [0.15, 0.2) is 11.0 Å². The number of nitrogens with zero attached hydrogens (tertiary/aromatic N) is 2. The highest BCUT2D eigenvalue weighted by molar-refractivity contribution is 5.78. The number of benzene rings is 3. The van der Waals surface area contributed by atoms with Crippen molar-refractivity contribution < 1.29 is 4.57 Å². The number of rotatable bonds is 2. The van der Waals surface area contributed by atoms with Crippen LogP contribution in [-0.4, -0.2) is 4.57 Å². The highest BCUT2D eigenvalue weighted by Gasteiger charge is 2.32. The van der Waals surface area contributed by atoms with Gasteiger partial charge >= 0.3 is 0 Å². The van der Waals surface area contributed by atoms with Gasteiger partial charge in [-0.15, -0.1) is 0 Å². The van der Waals surface area contributed by atoms with Crippen molar-refractivity contribution in [2.75, 3.05) is 0 Å². The summed E-state index contributed by atoms with van der Waals surface area (Å²) in [6.07, 6.45) is 0. The Balaban J connectivity index is 1.97. The molecule has 0 unspecified atom stereocenters. The maximum absolute atomic E-state index is 2.47. The summed E-state index contributed by atoms with van der Waals surface area (Å²) in [5.41, 5.74) is 7.61. The minimum atomic E-state index is -0.0132. The van der Waals surface area contributed by atoms with Crippen molar-refractivity contribution in [3.05, 3.63) is 78.4 Å². The van der Waals surface area contributed by atoms with E-state index in [4.69, 9.17) is 0 Å². The third kappa shape index (κ3) is 2.95. The molecule has 2 nitrogen and oxygen atoms in total. The summed E-state index contributed by atoms with van der Waals surface area (Å²) in [6, 6.07) is 26.1. The first-order valence-corrected chi connectivity index (χ1v) is 9.54. The molecule has 0 N–H and O–H groups in total.